The third-order valence-electron chi connectivity index (χ3n) is 1.58. The number of rotatable bonds is 5. The van der Waals surface area contributed by atoms with Crippen LogP contribution in [-0.4, -0.2) is 34.6 Å². The van der Waals surface area contributed by atoms with Crippen LogP contribution in [0.25, 0.3) is 0 Å². The number of amides is 2. The number of primary amides is 1. The smallest absolute Gasteiger partial charge is 0.237 e. The molecule has 0 rings (SSSR count). The van der Waals surface area contributed by atoms with Gasteiger partial charge < -0.3 is 10.6 Å². The molecule has 0 spiro atoms. The molecule has 0 atom stereocenters. The van der Waals surface area contributed by atoms with E-state index in [-0.39, 0.29) is 18.5 Å². The van der Waals surface area contributed by atoms with E-state index in [1.807, 2.05) is 13.8 Å². The average Bonchev–Trinajstić information content (AvgIpc) is 1.99. The van der Waals surface area contributed by atoms with Gasteiger partial charge in [0.15, 0.2) is 0 Å². The predicted molar refractivity (Wildman–Crippen MR) is 54.5 cm³/mol. The number of carbonyl (C=O) groups excluding carboxylic acids is 2. The van der Waals surface area contributed by atoms with Crippen LogP contribution < -0.4 is 5.73 Å². The van der Waals surface area contributed by atoms with Gasteiger partial charge in [-0.1, -0.05) is 15.9 Å². The fourth-order valence-corrected chi connectivity index (χ4v) is 1.29. The maximum atomic E-state index is 11.4. The molecular formula is C8H15BrN2O2. The number of hydrogen-bond donors (Lipinski definition) is 1. The Kier molecular flexibility index (Phi) is 5.70. The molecule has 0 heterocycles. The second kappa shape index (κ2) is 5.96. The van der Waals surface area contributed by atoms with Crippen LogP contribution in [0.2, 0.25) is 0 Å². The quantitative estimate of drug-likeness (QED) is 0.723. The largest absolute Gasteiger partial charge is 0.368 e. The van der Waals surface area contributed by atoms with Gasteiger partial charge in [-0.3, -0.25) is 9.59 Å². The first-order chi connectivity index (χ1) is 5.99. The van der Waals surface area contributed by atoms with Crippen molar-refractivity contribution in [3.63, 3.8) is 0 Å². The molecule has 0 aliphatic carbocycles. The van der Waals surface area contributed by atoms with Crippen LogP contribution in [0.5, 0.6) is 0 Å². The molecular weight excluding hydrogens is 236 g/mol. The molecule has 0 aromatic carbocycles. The Morgan fingerprint density at radius 1 is 1.46 bits per heavy atom. The van der Waals surface area contributed by atoms with E-state index in [4.69, 9.17) is 5.73 Å². The predicted octanol–water partition coefficient (Wildman–Crippen LogP) is 0.494. The van der Waals surface area contributed by atoms with Crippen LogP contribution in [0.4, 0.5) is 0 Å². The Balaban J connectivity index is 4.24. The molecule has 0 aromatic heterocycles. The summed E-state index contributed by atoms with van der Waals surface area (Å²) in [6.45, 7) is 3.72. The fourth-order valence-electron chi connectivity index (χ4n) is 0.951. The lowest BCUT2D eigenvalue weighted by Crippen LogP contribution is -2.42. The molecule has 0 aromatic rings. The summed E-state index contributed by atoms with van der Waals surface area (Å²) >= 11 is 3.17. The zero-order valence-electron chi connectivity index (χ0n) is 7.92. The third kappa shape index (κ3) is 4.87. The van der Waals surface area contributed by atoms with Crippen LogP contribution in [0, 0.1) is 0 Å². The topological polar surface area (TPSA) is 63.4 Å². The zero-order chi connectivity index (χ0) is 10.4. The highest BCUT2D eigenvalue weighted by molar-refractivity contribution is 9.09. The van der Waals surface area contributed by atoms with Gasteiger partial charge in [-0.15, -0.1) is 0 Å². The first kappa shape index (κ1) is 12.4. The van der Waals surface area contributed by atoms with E-state index < -0.39 is 5.91 Å². The zero-order valence-corrected chi connectivity index (χ0v) is 9.50. The molecule has 0 saturated heterocycles. The van der Waals surface area contributed by atoms with Gasteiger partial charge in [0.1, 0.15) is 0 Å². The van der Waals surface area contributed by atoms with Crippen molar-refractivity contribution in [2.45, 2.75) is 26.3 Å². The molecule has 5 heteroatoms. The first-order valence-corrected chi connectivity index (χ1v) is 5.25. The van der Waals surface area contributed by atoms with Crippen molar-refractivity contribution in [2.24, 2.45) is 5.73 Å². The van der Waals surface area contributed by atoms with E-state index in [2.05, 4.69) is 15.9 Å². The molecule has 4 nitrogen and oxygen atoms in total. The molecule has 0 radical (unpaired) electrons. The third-order valence-corrected chi connectivity index (χ3v) is 1.97. The second-order valence-electron chi connectivity index (χ2n) is 3.02. The summed E-state index contributed by atoms with van der Waals surface area (Å²) in [7, 11) is 0. The summed E-state index contributed by atoms with van der Waals surface area (Å²) in [4.78, 5) is 23.5. The Hall–Kier alpha value is -0.580. The number of halogens is 1. The Morgan fingerprint density at radius 3 is 2.31 bits per heavy atom. The summed E-state index contributed by atoms with van der Waals surface area (Å²) in [6, 6.07) is 0.0130. The second-order valence-corrected chi connectivity index (χ2v) is 3.81. The Labute approximate surface area is 86.6 Å². The summed E-state index contributed by atoms with van der Waals surface area (Å²) < 4.78 is 0. The maximum absolute atomic E-state index is 11.4. The van der Waals surface area contributed by atoms with Crippen LogP contribution in [-0.2, 0) is 9.59 Å². The average molecular weight is 251 g/mol. The first-order valence-electron chi connectivity index (χ1n) is 4.12. The van der Waals surface area contributed by atoms with E-state index in [9.17, 15) is 9.59 Å². The Morgan fingerprint density at radius 2 is 2.00 bits per heavy atom. The molecule has 0 bridgehead atoms. The van der Waals surface area contributed by atoms with Gasteiger partial charge >= 0.3 is 0 Å². The van der Waals surface area contributed by atoms with Crippen molar-refractivity contribution < 1.29 is 9.59 Å². The lowest BCUT2D eigenvalue weighted by molar-refractivity contribution is -0.136. The highest BCUT2D eigenvalue weighted by Crippen LogP contribution is 2.02. The molecule has 0 aliphatic rings. The summed E-state index contributed by atoms with van der Waals surface area (Å²) in [5.41, 5.74) is 5.02. The SMILES string of the molecule is CC(C)N(CC(N)=O)C(=O)CCBr. The lowest BCUT2D eigenvalue weighted by Gasteiger charge is -2.24. The highest BCUT2D eigenvalue weighted by Gasteiger charge is 2.17. The minimum Gasteiger partial charge on any atom is -0.368 e. The van der Waals surface area contributed by atoms with Gasteiger partial charge in [0.05, 0.1) is 6.54 Å². The van der Waals surface area contributed by atoms with Gasteiger partial charge in [0.2, 0.25) is 11.8 Å². The number of alkyl halides is 1. The highest BCUT2D eigenvalue weighted by atomic mass is 79.9. The summed E-state index contributed by atoms with van der Waals surface area (Å²) in [5.74, 6) is -0.526. The van der Waals surface area contributed by atoms with Gasteiger partial charge in [0.25, 0.3) is 0 Å². The number of nitrogens with zero attached hydrogens (tertiary/aromatic N) is 1. The summed E-state index contributed by atoms with van der Waals surface area (Å²) in [6.07, 6.45) is 0.394. The van der Waals surface area contributed by atoms with E-state index in [0.29, 0.717) is 11.8 Å². The van der Waals surface area contributed by atoms with E-state index in [1.165, 1.54) is 4.90 Å². The molecule has 76 valence electrons. The van der Waals surface area contributed by atoms with Crippen LogP contribution in [0.1, 0.15) is 20.3 Å². The van der Waals surface area contributed by atoms with Crippen molar-refractivity contribution in [1.29, 1.82) is 0 Å². The lowest BCUT2D eigenvalue weighted by atomic mass is 10.3. The standard InChI is InChI=1S/C8H15BrN2O2/c1-6(2)11(5-7(10)12)8(13)3-4-9/h6H,3-5H2,1-2H3,(H2,10,12). The monoisotopic (exact) mass is 250 g/mol. The van der Waals surface area contributed by atoms with Gasteiger partial charge in [0, 0.05) is 17.8 Å². The molecule has 0 aliphatic heterocycles. The summed E-state index contributed by atoms with van der Waals surface area (Å²) in [5, 5.41) is 0.605. The van der Waals surface area contributed by atoms with Crippen molar-refractivity contribution in [3.05, 3.63) is 0 Å². The molecule has 2 amide bonds. The maximum Gasteiger partial charge on any atom is 0.237 e. The van der Waals surface area contributed by atoms with Crippen LogP contribution in [0.15, 0.2) is 0 Å². The number of nitrogens with two attached hydrogens (primary N) is 1. The van der Waals surface area contributed by atoms with Gasteiger partial charge in [-0.05, 0) is 13.8 Å². The normalized spacial score (nSPS) is 10.2. The van der Waals surface area contributed by atoms with Crippen LogP contribution >= 0.6 is 15.9 Å². The number of hydrogen-bond acceptors (Lipinski definition) is 2. The Bertz CT molecular complexity index is 195. The van der Waals surface area contributed by atoms with E-state index >= 15 is 0 Å². The molecule has 2 N–H and O–H groups in total. The van der Waals surface area contributed by atoms with Gasteiger partial charge in [-0.2, -0.15) is 0 Å². The van der Waals surface area contributed by atoms with Crippen molar-refractivity contribution in [1.82, 2.24) is 4.90 Å². The van der Waals surface area contributed by atoms with E-state index in [0.717, 1.165) is 0 Å². The van der Waals surface area contributed by atoms with E-state index in [1.54, 1.807) is 0 Å². The molecule has 0 saturated carbocycles. The minimum atomic E-state index is -0.475. The minimum absolute atomic E-state index is 0.00347. The molecule has 0 fully saturated rings. The van der Waals surface area contributed by atoms with Crippen molar-refractivity contribution in [3.8, 4) is 0 Å². The molecule has 13 heavy (non-hydrogen) atoms. The van der Waals surface area contributed by atoms with Gasteiger partial charge in [-0.25, -0.2) is 0 Å². The fraction of sp³-hybridized carbons (Fsp3) is 0.750. The number of carbonyl (C=O) groups is 2. The van der Waals surface area contributed by atoms with Crippen LogP contribution in [0.3, 0.4) is 0 Å². The van der Waals surface area contributed by atoms with Crippen molar-refractivity contribution in [2.75, 3.05) is 11.9 Å². The molecule has 0 unspecified atom stereocenters. The van der Waals surface area contributed by atoms with Crippen molar-refractivity contribution >= 4 is 27.7 Å².